The Morgan fingerprint density at radius 1 is 1.19 bits per heavy atom. The summed E-state index contributed by atoms with van der Waals surface area (Å²) in [5, 5.41) is 0. The number of nitrogens with zero attached hydrogens (tertiary/aromatic N) is 1. The van der Waals surface area contributed by atoms with E-state index >= 15 is 0 Å². The number of hydrogen-bond donors (Lipinski definition) is 0. The predicted molar refractivity (Wildman–Crippen MR) is 113 cm³/mol. The van der Waals surface area contributed by atoms with Gasteiger partial charge in [0.2, 0.25) is 0 Å². The molecule has 1 aromatic carbocycles. The summed E-state index contributed by atoms with van der Waals surface area (Å²) in [6, 6.07) is 6.44. The third kappa shape index (κ3) is 5.77. The molecule has 1 amide bonds. The molecule has 1 spiro atoms. The Balaban J connectivity index is 1.49. The zero-order valence-corrected chi connectivity index (χ0v) is 19.4. The Kier molecular flexibility index (Phi) is 6.67. The summed E-state index contributed by atoms with van der Waals surface area (Å²) in [7, 11) is -3.85. The van der Waals surface area contributed by atoms with Crippen molar-refractivity contribution in [3.8, 4) is 0 Å². The minimum absolute atomic E-state index is 0.0612. The van der Waals surface area contributed by atoms with E-state index in [1.807, 2.05) is 27.7 Å². The normalized spacial score (nSPS) is 21.2. The van der Waals surface area contributed by atoms with E-state index < -0.39 is 27.2 Å². The molecular formula is C22H31NO7S. The number of aryl methyl sites for hydroxylation is 1. The first-order valence-corrected chi connectivity index (χ1v) is 12.0. The van der Waals surface area contributed by atoms with Gasteiger partial charge in [0.1, 0.15) is 11.7 Å². The summed E-state index contributed by atoms with van der Waals surface area (Å²) in [5.74, 6) is -0.275. The predicted octanol–water partition coefficient (Wildman–Crippen LogP) is 3.42. The molecule has 8 nitrogen and oxygen atoms in total. The Morgan fingerprint density at radius 2 is 1.81 bits per heavy atom. The molecule has 0 radical (unpaired) electrons. The highest BCUT2D eigenvalue weighted by Crippen LogP contribution is 2.44. The van der Waals surface area contributed by atoms with Crippen LogP contribution in [-0.2, 0) is 28.6 Å². The number of amides is 1. The van der Waals surface area contributed by atoms with Gasteiger partial charge in [0.05, 0.1) is 16.9 Å². The van der Waals surface area contributed by atoms with Gasteiger partial charge in [-0.25, -0.2) is 4.79 Å². The van der Waals surface area contributed by atoms with Crippen molar-refractivity contribution in [2.24, 2.45) is 5.41 Å². The molecule has 2 saturated heterocycles. The second-order valence-corrected chi connectivity index (χ2v) is 11.0. The fourth-order valence-electron chi connectivity index (χ4n) is 3.91. The van der Waals surface area contributed by atoms with Crippen molar-refractivity contribution >= 4 is 22.2 Å². The van der Waals surface area contributed by atoms with Crippen LogP contribution in [0.5, 0.6) is 0 Å². The lowest BCUT2D eigenvalue weighted by Gasteiger charge is -2.37. The zero-order valence-electron chi connectivity index (χ0n) is 18.5. The maximum absolute atomic E-state index is 12.6. The van der Waals surface area contributed by atoms with Gasteiger partial charge in [-0.05, 0) is 52.7 Å². The van der Waals surface area contributed by atoms with Gasteiger partial charge in [-0.1, -0.05) is 17.7 Å². The monoisotopic (exact) mass is 453 g/mol. The fraction of sp³-hybridized carbons (Fsp3) is 0.636. The van der Waals surface area contributed by atoms with Crippen molar-refractivity contribution in [2.45, 2.75) is 70.0 Å². The molecule has 2 aliphatic heterocycles. The maximum Gasteiger partial charge on any atom is 0.410 e. The number of piperidine rings is 1. The highest BCUT2D eigenvalue weighted by atomic mass is 32.2. The quantitative estimate of drug-likeness (QED) is 0.497. The number of benzene rings is 1. The van der Waals surface area contributed by atoms with Crippen molar-refractivity contribution in [3.05, 3.63) is 29.8 Å². The SMILES string of the molecule is Cc1ccc(S(=O)(=O)OCC[C@H]2CC3(CCN(C(=O)OC(C)(C)C)CC3)C(=O)O2)cc1. The Morgan fingerprint density at radius 3 is 2.39 bits per heavy atom. The van der Waals surface area contributed by atoms with E-state index in [0.29, 0.717) is 38.8 Å². The highest BCUT2D eigenvalue weighted by molar-refractivity contribution is 7.86. The molecule has 9 heteroatoms. The highest BCUT2D eigenvalue weighted by Gasteiger charge is 2.51. The van der Waals surface area contributed by atoms with Crippen LogP contribution < -0.4 is 0 Å². The largest absolute Gasteiger partial charge is 0.462 e. The van der Waals surface area contributed by atoms with Crippen LogP contribution in [0.25, 0.3) is 0 Å². The Labute approximate surface area is 184 Å². The number of ether oxygens (including phenoxy) is 2. The molecule has 3 rings (SSSR count). The van der Waals surface area contributed by atoms with Crippen molar-refractivity contribution in [1.29, 1.82) is 0 Å². The molecule has 1 aromatic rings. The number of carbonyl (C=O) groups is 2. The topological polar surface area (TPSA) is 99.2 Å². The van der Waals surface area contributed by atoms with Gasteiger partial charge < -0.3 is 14.4 Å². The molecule has 0 aliphatic carbocycles. The molecule has 2 heterocycles. The number of likely N-dealkylation sites (tertiary alicyclic amines) is 1. The molecule has 0 saturated carbocycles. The molecular weight excluding hydrogens is 422 g/mol. The smallest absolute Gasteiger partial charge is 0.410 e. The average Bonchev–Trinajstić information content (AvgIpc) is 2.96. The van der Waals surface area contributed by atoms with Gasteiger partial charge in [-0.2, -0.15) is 8.42 Å². The van der Waals surface area contributed by atoms with Crippen LogP contribution in [0.3, 0.4) is 0 Å². The molecule has 2 aliphatic rings. The van der Waals surface area contributed by atoms with E-state index in [0.717, 1.165) is 5.56 Å². The first-order valence-electron chi connectivity index (χ1n) is 10.6. The van der Waals surface area contributed by atoms with Crippen LogP contribution in [0.2, 0.25) is 0 Å². The van der Waals surface area contributed by atoms with Crippen LogP contribution >= 0.6 is 0 Å². The summed E-state index contributed by atoms with van der Waals surface area (Å²) in [6.07, 6.45) is 1.04. The molecule has 172 valence electrons. The van der Waals surface area contributed by atoms with Crippen LogP contribution in [0.15, 0.2) is 29.2 Å². The Hall–Kier alpha value is -2.13. The first-order chi connectivity index (χ1) is 14.4. The average molecular weight is 454 g/mol. The van der Waals surface area contributed by atoms with E-state index in [1.165, 1.54) is 12.1 Å². The lowest BCUT2D eigenvalue weighted by molar-refractivity contribution is -0.151. The number of esters is 1. The lowest BCUT2D eigenvalue weighted by Crippen LogP contribution is -2.46. The second kappa shape index (κ2) is 8.78. The van der Waals surface area contributed by atoms with E-state index in [2.05, 4.69) is 0 Å². The van der Waals surface area contributed by atoms with Crippen LogP contribution in [0, 0.1) is 12.3 Å². The molecule has 0 N–H and O–H groups in total. The molecule has 2 fully saturated rings. The lowest BCUT2D eigenvalue weighted by atomic mass is 9.76. The van der Waals surface area contributed by atoms with Gasteiger partial charge in [-0.3, -0.25) is 8.98 Å². The van der Waals surface area contributed by atoms with E-state index in [-0.39, 0.29) is 23.6 Å². The standard InChI is InChI=1S/C22H31NO7S/c1-16-5-7-18(8-6-16)31(26,27)28-14-9-17-15-22(19(24)29-17)10-12-23(13-11-22)20(25)30-21(2,3)4/h5-8,17H,9-15H2,1-4H3/t17-/m0/s1. The van der Waals surface area contributed by atoms with Gasteiger partial charge >= 0.3 is 12.1 Å². The maximum atomic E-state index is 12.6. The van der Waals surface area contributed by atoms with Gasteiger partial charge in [-0.15, -0.1) is 0 Å². The second-order valence-electron chi connectivity index (χ2n) is 9.36. The number of carbonyl (C=O) groups excluding carboxylic acids is 2. The van der Waals surface area contributed by atoms with E-state index in [9.17, 15) is 18.0 Å². The first kappa shape index (κ1) is 23.5. The fourth-order valence-corrected chi connectivity index (χ4v) is 4.83. The summed E-state index contributed by atoms with van der Waals surface area (Å²) in [6.45, 7) is 8.11. The van der Waals surface area contributed by atoms with E-state index in [4.69, 9.17) is 13.7 Å². The van der Waals surface area contributed by atoms with Crippen molar-refractivity contribution in [3.63, 3.8) is 0 Å². The minimum atomic E-state index is -3.85. The van der Waals surface area contributed by atoms with Crippen molar-refractivity contribution in [2.75, 3.05) is 19.7 Å². The van der Waals surface area contributed by atoms with Crippen molar-refractivity contribution < 1.29 is 31.7 Å². The summed E-state index contributed by atoms with van der Waals surface area (Å²) in [5.41, 5.74) is -0.235. The summed E-state index contributed by atoms with van der Waals surface area (Å²) in [4.78, 5) is 26.5. The number of hydrogen-bond acceptors (Lipinski definition) is 7. The summed E-state index contributed by atoms with van der Waals surface area (Å²) >= 11 is 0. The Bertz CT molecular complexity index is 910. The molecule has 0 unspecified atom stereocenters. The molecule has 0 aromatic heterocycles. The number of cyclic esters (lactones) is 1. The van der Waals surface area contributed by atoms with Gasteiger partial charge in [0.15, 0.2) is 0 Å². The third-order valence-electron chi connectivity index (χ3n) is 5.69. The van der Waals surface area contributed by atoms with Crippen LogP contribution in [0.4, 0.5) is 4.79 Å². The molecule has 31 heavy (non-hydrogen) atoms. The van der Waals surface area contributed by atoms with Gasteiger partial charge in [0, 0.05) is 25.9 Å². The van der Waals surface area contributed by atoms with Crippen molar-refractivity contribution in [1.82, 2.24) is 4.90 Å². The van der Waals surface area contributed by atoms with Gasteiger partial charge in [0.25, 0.3) is 10.1 Å². The summed E-state index contributed by atoms with van der Waals surface area (Å²) < 4.78 is 40.6. The van der Waals surface area contributed by atoms with E-state index in [1.54, 1.807) is 17.0 Å². The van der Waals surface area contributed by atoms with Crippen LogP contribution in [0.1, 0.15) is 52.0 Å². The molecule has 0 bridgehead atoms. The number of rotatable bonds is 5. The molecule has 1 atom stereocenters. The third-order valence-corrected chi connectivity index (χ3v) is 7.01. The zero-order chi connectivity index (χ0) is 22.9. The minimum Gasteiger partial charge on any atom is -0.462 e. The van der Waals surface area contributed by atoms with Crippen LogP contribution in [-0.4, -0.2) is 56.8 Å².